The van der Waals surface area contributed by atoms with Gasteiger partial charge in [-0.15, -0.1) is 0 Å². The van der Waals surface area contributed by atoms with Gasteiger partial charge in [-0.1, -0.05) is 60.7 Å². The van der Waals surface area contributed by atoms with Crippen molar-refractivity contribution >= 4 is 27.8 Å². The summed E-state index contributed by atoms with van der Waals surface area (Å²) in [5, 5.41) is 1.16. The van der Waals surface area contributed by atoms with Crippen LogP contribution in [0.1, 0.15) is 40.7 Å². The first kappa shape index (κ1) is 29.5. The Morgan fingerprint density at radius 1 is 0.936 bits per heavy atom. The number of para-hydroxylation sites is 1. The standard InChI is InChI=1S/C39H38FN5O2/c1-47-36-20-29(39(46)43-23-30(40)21-31(41)24-43)18-33-37(36)45-22-25-9-8-13-27(17-25)32-14-4-2-10-26(32)11-6-7-16-44-34-15-5-3-12-28(34)19-35(44)38(45)42-33/h2-5,8-10,12-15,17-20,30-31H,6-7,11,16,21-24,41H2,1H3/t30-,31-/m1/s1. The molecule has 2 aliphatic rings. The Morgan fingerprint density at radius 3 is 2.66 bits per heavy atom. The summed E-state index contributed by atoms with van der Waals surface area (Å²) in [7, 11) is 1.62. The maximum Gasteiger partial charge on any atom is 0.254 e. The molecule has 2 bridgehead atoms. The van der Waals surface area contributed by atoms with Crippen LogP contribution in [0.2, 0.25) is 0 Å². The fourth-order valence-electron chi connectivity index (χ4n) is 7.54. The zero-order chi connectivity index (χ0) is 32.1. The van der Waals surface area contributed by atoms with Crippen LogP contribution in [0.3, 0.4) is 0 Å². The van der Waals surface area contributed by atoms with E-state index in [-0.39, 0.29) is 24.9 Å². The fourth-order valence-corrected chi connectivity index (χ4v) is 7.54. The maximum atomic E-state index is 14.4. The molecule has 2 aliphatic heterocycles. The van der Waals surface area contributed by atoms with Gasteiger partial charge in [-0.3, -0.25) is 4.79 Å². The number of halogens is 1. The highest BCUT2D eigenvalue weighted by Gasteiger charge is 2.30. The van der Waals surface area contributed by atoms with E-state index in [4.69, 9.17) is 15.5 Å². The molecule has 2 aromatic heterocycles. The number of ether oxygens (including phenoxy) is 1. The van der Waals surface area contributed by atoms with Crippen LogP contribution in [0.25, 0.3) is 44.6 Å². The first-order valence-electron chi connectivity index (χ1n) is 16.5. The minimum atomic E-state index is -1.14. The highest BCUT2D eigenvalue weighted by molar-refractivity contribution is 6.00. The number of aryl methyl sites for hydroxylation is 2. The molecule has 8 heteroatoms. The molecular formula is C39H38FN5O2. The van der Waals surface area contributed by atoms with Crippen molar-refractivity contribution in [3.05, 3.63) is 108 Å². The summed E-state index contributed by atoms with van der Waals surface area (Å²) < 4.78 is 25.0. The summed E-state index contributed by atoms with van der Waals surface area (Å²) >= 11 is 0. The molecule has 6 aromatic rings. The number of hydrogen-bond acceptors (Lipinski definition) is 4. The zero-order valence-electron chi connectivity index (χ0n) is 26.5. The minimum Gasteiger partial charge on any atom is -0.494 e. The van der Waals surface area contributed by atoms with Crippen molar-refractivity contribution in [2.75, 3.05) is 20.2 Å². The fraction of sp³-hybridized carbons (Fsp3) is 0.282. The van der Waals surface area contributed by atoms with Crippen LogP contribution >= 0.6 is 0 Å². The lowest BCUT2D eigenvalue weighted by molar-refractivity contribution is 0.0606. The SMILES string of the molecule is COc1cc(C(=O)N2C[C@H](N)C[C@@H](F)C2)cc2nc3n(c12)Cc1cccc(c1)-c1ccccc1CCCCn1c-3cc2ccccc21. The normalized spacial score (nSPS) is 18.3. The number of benzene rings is 4. The summed E-state index contributed by atoms with van der Waals surface area (Å²) in [6.07, 6.45) is 2.20. The van der Waals surface area contributed by atoms with Gasteiger partial charge in [0.05, 0.1) is 24.9 Å². The van der Waals surface area contributed by atoms with Gasteiger partial charge in [-0.2, -0.15) is 0 Å². The van der Waals surface area contributed by atoms with Crippen molar-refractivity contribution in [2.45, 2.75) is 51.0 Å². The first-order chi connectivity index (χ1) is 23.0. The van der Waals surface area contributed by atoms with E-state index in [1.54, 1.807) is 13.2 Å². The highest BCUT2D eigenvalue weighted by Crippen LogP contribution is 2.37. The molecule has 0 radical (unpaired) electrons. The Bertz CT molecular complexity index is 2120. The predicted octanol–water partition coefficient (Wildman–Crippen LogP) is 7.23. The van der Waals surface area contributed by atoms with E-state index in [9.17, 15) is 9.18 Å². The molecule has 0 unspecified atom stereocenters. The number of likely N-dealkylation sites (tertiary alicyclic amines) is 1. The van der Waals surface area contributed by atoms with Crippen LogP contribution < -0.4 is 10.5 Å². The molecule has 0 aliphatic carbocycles. The molecule has 2 atom stereocenters. The second kappa shape index (κ2) is 12.0. The Balaban J connectivity index is 1.34. The van der Waals surface area contributed by atoms with Crippen LogP contribution in [0.5, 0.6) is 5.75 Å². The Morgan fingerprint density at radius 2 is 1.79 bits per heavy atom. The van der Waals surface area contributed by atoms with Crippen molar-refractivity contribution in [2.24, 2.45) is 5.73 Å². The third-order valence-corrected chi connectivity index (χ3v) is 9.71. The summed E-state index contributed by atoms with van der Waals surface area (Å²) in [4.78, 5) is 20.5. The van der Waals surface area contributed by atoms with E-state index in [1.165, 1.54) is 27.1 Å². The molecule has 238 valence electrons. The minimum absolute atomic E-state index is 0.0339. The summed E-state index contributed by atoms with van der Waals surface area (Å²) in [6, 6.07) is 31.3. The number of carbonyl (C=O) groups is 1. The van der Waals surface area contributed by atoms with Gasteiger partial charge in [-0.05, 0) is 78.3 Å². The number of fused-ring (bicyclic) bond motifs is 11. The smallest absolute Gasteiger partial charge is 0.254 e. The lowest BCUT2D eigenvalue weighted by Crippen LogP contribution is -2.50. The van der Waals surface area contributed by atoms with Crippen molar-refractivity contribution in [1.29, 1.82) is 0 Å². The molecule has 1 amide bonds. The lowest BCUT2D eigenvalue weighted by atomic mass is 9.95. The van der Waals surface area contributed by atoms with Gasteiger partial charge in [0.1, 0.15) is 17.4 Å². The molecule has 1 saturated heterocycles. The van der Waals surface area contributed by atoms with Gasteiger partial charge >= 0.3 is 0 Å². The number of aromatic nitrogens is 3. The third kappa shape index (κ3) is 5.36. The first-order valence-corrected chi connectivity index (χ1v) is 16.5. The number of nitrogens with zero attached hydrogens (tertiary/aromatic N) is 4. The van der Waals surface area contributed by atoms with E-state index in [2.05, 4.69) is 88.0 Å². The van der Waals surface area contributed by atoms with Crippen molar-refractivity contribution in [3.8, 4) is 28.4 Å². The molecule has 1 fully saturated rings. The predicted molar refractivity (Wildman–Crippen MR) is 185 cm³/mol. The number of piperidine rings is 1. The van der Waals surface area contributed by atoms with Crippen LogP contribution in [-0.2, 0) is 19.5 Å². The molecule has 4 heterocycles. The average molecular weight is 628 g/mol. The van der Waals surface area contributed by atoms with Crippen LogP contribution in [0.15, 0.2) is 91.0 Å². The molecule has 2 N–H and O–H groups in total. The number of methoxy groups -OCH3 is 1. The summed E-state index contributed by atoms with van der Waals surface area (Å²) in [6.45, 7) is 1.75. The monoisotopic (exact) mass is 627 g/mol. The number of imidazole rings is 1. The molecule has 7 nitrogen and oxygen atoms in total. The summed E-state index contributed by atoms with van der Waals surface area (Å²) in [5.74, 6) is 1.09. The third-order valence-electron chi connectivity index (χ3n) is 9.71. The van der Waals surface area contributed by atoms with Crippen LogP contribution in [0, 0.1) is 0 Å². The van der Waals surface area contributed by atoms with E-state index in [1.807, 2.05) is 6.07 Å². The van der Waals surface area contributed by atoms with Crippen molar-refractivity contribution < 1.29 is 13.9 Å². The van der Waals surface area contributed by atoms with E-state index < -0.39 is 6.17 Å². The van der Waals surface area contributed by atoms with Gasteiger partial charge < -0.3 is 24.5 Å². The zero-order valence-corrected chi connectivity index (χ0v) is 26.5. The van der Waals surface area contributed by atoms with Crippen molar-refractivity contribution in [1.82, 2.24) is 19.0 Å². The number of nitrogens with two attached hydrogens (primary N) is 1. The second-order valence-electron chi connectivity index (χ2n) is 12.9. The van der Waals surface area contributed by atoms with E-state index in [0.29, 0.717) is 29.9 Å². The van der Waals surface area contributed by atoms with Crippen molar-refractivity contribution in [3.63, 3.8) is 0 Å². The number of amides is 1. The molecule has 8 rings (SSSR count). The molecule has 4 aromatic carbocycles. The lowest BCUT2D eigenvalue weighted by Gasteiger charge is -2.33. The molecule has 0 saturated carbocycles. The van der Waals surface area contributed by atoms with E-state index in [0.717, 1.165) is 53.8 Å². The van der Waals surface area contributed by atoms with Crippen LogP contribution in [0.4, 0.5) is 4.39 Å². The number of carbonyl (C=O) groups excluding carboxylic acids is 1. The second-order valence-corrected chi connectivity index (χ2v) is 12.9. The largest absolute Gasteiger partial charge is 0.494 e. The van der Waals surface area contributed by atoms with Gasteiger partial charge in [0.15, 0.2) is 5.82 Å². The topological polar surface area (TPSA) is 78.3 Å². The summed E-state index contributed by atoms with van der Waals surface area (Å²) in [5.41, 5.74) is 15.1. The average Bonchev–Trinajstić information content (AvgIpc) is 3.63. The molecular weight excluding hydrogens is 589 g/mol. The van der Waals surface area contributed by atoms with Gasteiger partial charge in [0, 0.05) is 42.1 Å². The number of hydrogen-bond donors (Lipinski definition) is 1. The molecule has 0 spiro atoms. The number of alkyl halides is 1. The highest BCUT2D eigenvalue weighted by atomic mass is 19.1. The Kier molecular flexibility index (Phi) is 7.52. The van der Waals surface area contributed by atoms with Gasteiger partial charge in [0.25, 0.3) is 5.91 Å². The van der Waals surface area contributed by atoms with E-state index >= 15 is 0 Å². The molecule has 47 heavy (non-hydrogen) atoms. The quantitative estimate of drug-likeness (QED) is 0.220. The maximum absolute atomic E-state index is 14.4. The van der Waals surface area contributed by atoms with Gasteiger partial charge in [0.2, 0.25) is 0 Å². The van der Waals surface area contributed by atoms with Crippen LogP contribution in [-0.4, -0.2) is 57.3 Å². The number of rotatable bonds is 2. The van der Waals surface area contributed by atoms with Gasteiger partial charge in [-0.25, -0.2) is 9.37 Å². The Hall–Kier alpha value is -4.95. The Labute approximate surface area is 273 Å².